The number of hydrogen-bond acceptors (Lipinski definition) is 5. The molecule has 46 heavy (non-hydrogen) atoms. The van der Waals surface area contributed by atoms with Crippen molar-refractivity contribution >= 4 is 11.9 Å². The number of amides is 1. The molecule has 4 aliphatic carbocycles. The summed E-state index contributed by atoms with van der Waals surface area (Å²) >= 11 is 0. The molecule has 0 aromatic rings. The molecule has 4 rings (SSSR count). The van der Waals surface area contributed by atoms with E-state index in [0.29, 0.717) is 5.41 Å². The Morgan fingerprint density at radius 1 is 0.848 bits per heavy atom. The third kappa shape index (κ3) is 9.39. The van der Waals surface area contributed by atoms with Gasteiger partial charge in [0.25, 0.3) is 0 Å². The third-order valence-electron chi connectivity index (χ3n) is 13.1. The second-order valence-corrected chi connectivity index (χ2v) is 17.3. The normalized spacial score (nSPS) is 32.2. The van der Waals surface area contributed by atoms with Crippen LogP contribution in [0.25, 0.3) is 0 Å². The van der Waals surface area contributed by atoms with E-state index >= 15 is 0 Å². The first-order valence-corrected chi connectivity index (χ1v) is 19.3. The molecule has 0 N–H and O–H groups in total. The number of nitrogens with zero attached hydrogens (tertiary/aromatic N) is 3. The summed E-state index contributed by atoms with van der Waals surface area (Å²) in [6.07, 6.45) is 20.4. The smallest absolute Gasteiger partial charge is 0.306 e. The SMILES string of the molecule is CC(C)CCCCC1CCC2C3CC=C4CC(OC(=O)CCC(=O)N(CCCN(C)C)CCCN(C)C)CCC4(C)C3CCC12C. The maximum absolute atomic E-state index is 13.1. The van der Waals surface area contributed by atoms with Crippen LogP contribution >= 0.6 is 0 Å². The van der Waals surface area contributed by atoms with Crippen molar-refractivity contribution in [2.24, 2.45) is 40.4 Å². The molecule has 7 atom stereocenters. The van der Waals surface area contributed by atoms with E-state index in [4.69, 9.17) is 4.74 Å². The Morgan fingerprint density at radius 3 is 2.20 bits per heavy atom. The first kappa shape index (κ1) is 37.4. The zero-order valence-corrected chi connectivity index (χ0v) is 31.2. The van der Waals surface area contributed by atoms with Crippen LogP contribution in [-0.4, -0.2) is 87.0 Å². The van der Waals surface area contributed by atoms with Gasteiger partial charge in [-0.3, -0.25) is 9.59 Å². The van der Waals surface area contributed by atoms with Gasteiger partial charge in [0.05, 0.1) is 6.42 Å². The van der Waals surface area contributed by atoms with Crippen molar-refractivity contribution in [3.05, 3.63) is 11.6 Å². The average molecular weight is 642 g/mol. The molecular weight excluding hydrogens is 570 g/mol. The van der Waals surface area contributed by atoms with E-state index in [1.54, 1.807) is 5.57 Å². The number of unbranched alkanes of at least 4 members (excludes halogenated alkanes) is 1. The van der Waals surface area contributed by atoms with Crippen LogP contribution < -0.4 is 0 Å². The Balaban J connectivity index is 1.27. The number of rotatable bonds is 17. The van der Waals surface area contributed by atoms with Gasteiger partial charge in [-0.2, -0.15) is 0 Å². The lowest BCUT2D eigenvalue weighted by Gasteiger charge is -2.58. The van der Waals surface area contributed by atoms with E-state index in [2.05, 4.69) is 71.8 Å². The first-order valence-electron chi connectivity index (χ1n) is 19.3. The number of carbonyl (C=O) groups excluding carboxylic acids is 2. The number of fused-ring (bicyclic) bond motifs is 5. The summed E-state index contributed by atoms with van der Waals surface area (Å²) in [5, 5.41) is 0. The van der Waals surface area contributed by atoms with Crippen LogP contribution in [0.4, 0.5) is 0 Å². The maximum atomic E-state index is 13.1. The predicted octanol–water partition coefficient (Wildman–Crippen LogP) is 8.21. The molecule has 264 valence electrons. The molecular formula is C40H71N3O3. The fourth-order valence-corrected chi connectivity index (χ4v) is 10.4. The van der Waals surface area contributed by atoms with Gasteiger partial charge in [-0.25, -0.2) is 0 Å². The van der Waals surface area contributed by atoms with Crippen LogP contribution in [-0.2, 0) is 14.3 Å². The standard InChI is InChI=1S/C40H71N3O3/c1-30(2)13-9-10-14-31-16-18-35-34-17-15-32-29-33(21-23-40(32,4)36(34)22-24-39(31,35)3)46-38(45)20-19-37(44)43(27-11-25-41(5)6)28-12-26-42(7)8/h15,30-31,33-36H,9-14,16-29H2,1-8H3. The lowest BCUT2D eigenvalue weighted by molar-refractivity contribution is -0.153. The van der Waals surface area contributed by atoms with Crippen LogP contribution in [0.15, 0.2) is 11.6 Å². The van der Waals surface area contributed by atoms with E-state index in [1.165, 1.54) is 57.8 Å². The third-order valence-corrected chi connectivity index (χ3v) is 13.1. The quantitative estimate of drug-likeness (QED) is 0.0911. The zero-order valence-electron chi connectivity index (χ0n) is 31.2. The van der Waals surface area contributed by atoms with Gasteiger partial charge in [0, 0.05) is 25.9 Å². The van der Waals surface area contributed by atoms with Gasteiger partial charge >= 0.3 is 5.97 Å². The van der Waals surface area contributed by atoms with Crippen molar-refractivity contribution in [3.8, 4) is 0 Å². The Bertz CT molecular complexity index is 1010. The van der Waals surface area contributed by atoms with Crippen LogP contribution in [0.1, 0.15) is 130 Å². The molecule has 6 heteroatoms. The van der Waals surface area contributed by atoms with Crippen molar-refractivity contribution in [1.82, 2.24) is 14.7 Å². The van der Waals surface area contributed by atoms with E-state index in [0.717, 1.165) is 87.9 Å². The van der Waals surface area contributed by atoms with Crippen molar-refractivity contribution in [3.63, 3.8) is 0 Å². The van der Waals surface area contributed by atoms with Crippen LogP contribution in [0.5, 0.6) is 0 Å². The molecule has 0 spiro atoms. The van der Waals surface area contributed by atoms with Crippen molar-refractivity contribution in [2.45, 2.75) is 137 Å². The number of esters is 1. The summed E-state index contributed by atoms with van der Waals surface area (Å²) in [7, 11) is 8.26. The largest absolute Gasteiger partial charge is 0.462 e. The number of ether oxygens (including phenoxy) is 1. The molecule has 0 aromatic carbocycles. The predicted molar refractivity (Wildman–Crippen MR) is 191 cm³/mol. The summed E-state index contributed by atoms with van der Waals surface area (Å²) in [5.74, 6) is 4.14. The Labute approximate surface area is 283 Å². The van der Waals surface area contributed by atoms with Gasteiger partial charge in [-0.1, -0.05) is 58.6 Å². The summed E-state index contributed by atoms with van der Waals surface area (Å²) in [6, 6.07) is 0. The minimum Gasteiger partial charge on any atom is -0.462 e. The molecule has 0 heterocycles. The lowest BCUT2D eigenvalue weighted by atomic mass is 9.47. The highest BCUT2D eigenvalue weighted by molar-refractivity contribution is 5.81. The van der Waals surface area contributed by atoms with Crippen LogP contribution in [0.3, 0.4) is 0 Å². The second kappa shape index (κ2) is 16.8. The highest BCUT2D eigenvalue weighted by Crippen LogP contribution is 2.66. The van der Waals surface area contributed by atoms with Gasteiger partial charge in [0.1, 0.15) is 6.10 Å². The minimum absolute atomic E-state index is 0.0367. The van der Waals surface area contributed by atoms with Crippen LogP contribution in [0.2, 0.25) is 0 Å². The maximum Gasteiger partial charge on any atom is 0.306 e. The fraction of sp³-hybridized carbons (Fsp3) is 0.900. The van der Waals surface area contributed by atoms with Gasteiger partial charge in [-0.05, 0) is 146 Å². The minimum atomic E-state index is -0.198. The molecule has 3 saturated carbocycles. The summed E-state index contributed by atoms with van der Waals surface area (Å²) < 4.78 is 6.07. The summed E-state index contributed by atoms with van der Waals surface area (Å²) in [4.78, 5) is 32.4. The molecule has 0 aromatic heterocycles. The molecule has 0 radical (unpaired) electrons. The average Bonchev–Trinajstić information content (AvgIpc) is 3.33. The van der Waals surface area contributed by atoms with Gasteiger partial charge in [-0.15, -0.1) is 0 Å². The van der Waals surface area contributed by atoms with Gasteiger partial charge in [0.15, 0.2) is 0 Å². The highest BCUT2D eigenvalue weighted by Gasteiger charge is 2.58. The number of hydrogen-bond donors (Lipinski definition) is 0. The summed E-state index contributed by atoms with van der Waals surface area (Å²) in [6.45, 7) is 13.3. The summed E-state index contributed by atoms with van der Waals surface area (Å²) in [5.41, 5.74) is 2.37. The van der Waals surface area contributed by atoms with Crippen molar-refractivity contribution in [2.75, 3.05) is 54.4 Å². The topological polar surface area (TPSA) is 53.1 Å². The van der Waals surface area contributed by atoms with E-state index in [-0.39, 0.29) is 36.2 Å². The first-order chi connectivity index (χ1) is 21.8. The molecule has 0 aliphatic heterocycles. The highest BCUT2D eigenvalue weighted by atomic mass is 16.5. The van der Waals surface area contributed by atoms with Gasteiger partial charge in [0.2, 0.25) is 5.91 Å². The van der Waals surface area contributed by atoms with E-state index in [1.807, 2.05) is 4.90 Å². The monoisotopic (exact) mass is 642 g/mol. The van der Waals surface area contributed by atoms with E-state index in [9.17, 15) is 9.59 Å². The lowest BCUT2D eigenvalue weighted by Crippen LogP contribution is -2.50. The Kier molecular flexibility index (Phi) is 13.7. The fourth-order valence-electron chi connectivity index (χ4n) is 10.4. The molecule has 4 aliphatic rings. The van der Waals surface area contributed by atoms with Crippen molar-refractivity contribution < 1.29 is 14.3 Å². The molecule has 0 bridgehead atoms. The van der Waals surface area contributed by atoms with Gasteiger partial charge < -0.3 is 19.4 Å². The second-order valence-electron chi connectivity index (χ2n) is 17.3. The van der Waals surface area contributed by atoms with Crippen molar-refractivity contribution in [1.29, 1.82) is 0 Å². The Morgan fingerprint density at radius 2 is 1.54 bits per heavy atom. The zero-order chi connectivity index (χ0) is 33.5. The van der Waals surface area contributed by atoms with Crippen LogP contribution in [0, 0.1) is 40.4 Å². The Hall–Kier alpha value is -1.40. The number of allylic oxidation sites excluding steroid dienone is 1. The molecule has 1 amide bonds. The molecule has 6 nitrogen and oxygen atoms in total. The van der Waals surface area contributed by atoms with E-state index < -0.39 is 0 Å². The number of carbonyl (C=O) groups is 2. The molecule has 7 unspecified atom stereocenters. The molecule has 0 saturated heterocycles. The molecule has 3 fully saturated rings.